The van der Waals surface area contributed by atoms with Gasteiger partial charge in [-0.2, -0.15) is 0 Å². The number of rotatable bonds is 8. The zero-order chi connectivity index (χ0) is 26.5. The van der Waals surface area contributed by atoms with E-state index >= 15 is 0 Å². The highest BCUT2D eigenvalue weighted by atomic mass is 32.1. The van der Waals surface area contributed by atoms with Crippen LogP contribution < -0.4 is 16.0 Å². The van der Waals surface area contributed by atoms with Crippen LogP contribution in [0.25, 0.3) is 0 Å². The van der Waals surface area contributed by atoms with E-state index < -0.39 is 17.7 Å². The number of carbonyl (C=O) groups excluding carboxylic acids is 4. The van der Waals surface area contributed by atoms with E-state index in [1.165, 1.54) is 11.3 Å². The predicted molar refractivity (Wildman–Crippen MR) is 142 cm³/mol. The molecule has 1 aliphatic rings. The van der Waals surface area contributed by atoms with Gasteiger partial charge in [-0.3, -0.25) is 24.5 Å². The summed E-state index contributed by atoms with van der Waals surface area (Å²) in [4.78, 5) is 52.1. The number of para-hydroxylation sites is 1. The quantitative estimate of drug-likeness (QED) is 0.414. The van der Waals surface area contributed by atoms with Crippen molar-refractivity contribution < 1.29 is 19.2 Å². The molecule has 11 heteroatoms. The molecule has 1 unspecified atom stereocenters. The lowest BCUT2D eigenvalue weighted by atomic mass is 10.1. The summed E-state index contributed by atoms with van der Waals surface area (Å²) in [7, 11) is 0. The third kappa shape index (κ3) is 6.18. The van der Waals surface area contributed by atoms with Crippen LogP contribution >= 0.6 is 11.3 Å². The van der Waals surface area contributed by atoms with Crippen LogP contribution in [0.4, 0.5) is 16.5 Å². The van der Waals surface area contributed by atoms with Gasteiger partial charge in [0.05, 0.1) is 17.2 Å². The van der Waals surface area contributed by atoms with E-state index in [2.05, 4.69) is 26.1 Å². The van der Waals surface area contributed by atoms with Gasteiger partial charge in [-0.25, -0.2) is 0 Å². The molecule has 0 bridgehead atoms. The van der Waals surface area contributed by atoms with Crippen molar-refractivity contribution in [2.75, 3.05) is 22.5 Å². The van der Waals surface area contributed by atoms with Crippen molar-refractivity contribution >= 4 is 51.5 Å². The molecule has 1 aromatic heterocycles. The number of nitrogens with zero attached hydrogens (tertiary/aromatic N) is 3. The minimum atomic E-state index is -0.408. The Morgan fingerprint density at radius 2 is 1.73 bits per heavy atom. The maximum atomic E-state index is 12.9. The molecule has 37 heavy (non-hydrogen) atoms. The SMILES string of the molecule is CCc1nnc(NC(=O)c2ccccc2NC(=O)c2ccc(NC(=O)C3CC(=O)N(C(C)C)C3)cc2)s1. The van der Waals surface area contributed by atoms with E-state index in [1.807, 2.05) is 20.8 Å². The number of aromatic nitrogens is 2. The lowest BCUT2D eigenvalue weighted by molar-refractivity contribution is -0.129. The summed E-state index contributed by atoms with van der Waals surface area (Å²) >= 11 is 1.30. The van der Waals surface area contributed by atoms with E-state index in [0.717, 1.165) is 11.4 Å². The van der Waals surface area contributed by atoms with Crippen molar-refractivity contribution in [3.63, 3.8) is 0 Å². The zero-order valence-electron chi connectivity index (χ0n) is 20.8. The number of hydrogen-bond acceptors (Lipinski definition) is 7. The first-order valence-electron chi connectivity index (χ1n) is 12.0. The summed E-state index contributed by atoms with van der Waals surface area (Å²) in [6.07, 6.45) is 0.913. The molecule has 4 rings (SSSR count). The molecule has 1 fully saturated rings. The Labute approximate surface area is 218 Å². The Bertz CT molecular complexity index is 1320. The molecule has 3 aromatic rings. The van der Waals surface area contributed by atoms with Gasteiger partial charge in [0.25, 0.3) is 11.8 Å². The fourth-order valence-electron chi connectivity index (χ4n) is 3.95. The highest BCUT2D eigenvalue weighted by Crippen LogP contribution is 2.23. The van der Waals surface area contributed by atoms with E-state index in [1.54, 1.807) is 53.4 Å². The Morgan fingerprint density at radius 1 is 1.00 bits per heavy atom. The molecule has 2 aromatic carbocycles. The molecular formula is C26H28N6O4S. The third-order valence-electron chi connectivity index (χ3n) is 5.98. The molecule has 1 aliphatic heterocycles. The van der Waals surface area contributed by atoms with Gasteiger partial charge < -0.3 is 15.5 Å². The smallest absolute Gasteiger partial charge is 0.259 e. The average Bonchev–Trinajstić information content (AvgIpc) is 3.51. The number of carbonyl (C=O) groups is 4. The van der Waals surface area contributed by atoms with Gasteiger partial charge in [0.1, 0.15) is 5.01 Å². The molecular weight excluding hydrogens is 492 g/mol. The number of anilines is 3. The van der Waals surface area contributed by atoms with Crippen LogP contribution in [0.5, 0.6) is 0 Å². The molecule has 1 atom stereocenters. The first-order valence-corrected chi connectivity index (χ1v) is 12.8. The number of likely N-dealkylation sites (tertiary alicyclic amines) is 1. The van der Waals surface area contributed by atoms with Crippen LogP contribution in [0, 0.1) is 5.92 Å². The van der Waals surface area contributed by atoms with Crippen molar-refractivity contribution in [2.24, 2.45) is 5.92 Å². The molecule has 0 spiro atoms. The lowest BCUT2D eigenvalue weighted by Crippen LogP contribution is -2.33. The third-order valence-corrected chi connectivity index (χ3v) is 6.96. The molecule has 0 radical (unpaired) electrons. The van der Waals surface area contributed by atoms with Crippen LogP contribution in [0.1, 0.15) is 52.9 Å². The van der Waals surface area contributed by atoms with Gasteiger partial charge >= 0.3 is 0 Å². The number of amides is 4. The Balaban J connectivity index is 1.38. The van der Waals surface area contributed by atoms with Crippen molar-refractivity contribution in [2.45, 2.75) is 39.7 Å². The zero-order valence-corrected chi connectivity index (χ0v) is 21.6. The van der Waals surface area contributed by atoms with Crippen molar-refractivity contribution in [1.82, 2.24) is 15.1 Å². The van der Waals surface area contributed by atoms with Gasteiger partial charge in [0.15, 0.2) is 0 Å². The van der Waals surface area contributed by atoms with Gasteiger partial charge in [0.2, 0.25) is 16.9 Å². The monoisotopic (exact) mass is 520 g/mol. The first-order chi connectivity index (χ1) is 17.7. The van der Waals surface area contributed by atoms with Crippen LogP contribution in [0.3, 0.4) is 0 Å². The van der Waals surface area contributed by atoms with Gasteiger partial charge in [-0.05, 0) is 56.7 Å². The molecule has 0 aliphatic carbocycles. The molecule has 2 heterocycles. The number of aryl methyl sites for hydroxylation is 1. The fourth-order valence-corrected chi connectivity index (χ4v) is 4.63. The van der Waals surface area contributed by atoms with Crippen molar-refractivity contribution in [3.05, 3.63) is 64.7 Å². The fraction of sp³-hybridized carbons (Fsp3) is 0.308. The summed E-state index contributed by atoms with van der Waals surface area (Å²) in [6.45, 7) is 6.20. The Hall–Kier alpha value is -4.12. The molecule has 4 amide bonds. The Kier molecular flexibility index (Phi) is 7.92. The number of benzene rings is 2. The summed E-state index contributed by atoms with van der Waals surface area (Å²) in [5, 5.41) is 17.5. The molecule has 1 saturated heterocycles. The maximum Gasteiger partial charge on any atom is 0.259 e. The standard InChI is InChI=1S/C26H28N6O4S/c1-4-21-30-31-26(37-21)29-25(36)19-7-5-6-8-20(19)28-23(34)16-9-11-18(12-10-16)27-24(35)17-13-22(33)32(14-17)15(2)3/h5-12,15,17H,4,13-14H2,1-3H3,(H,27,35)(H,28,34)(H,29,31,36). The van der Waals surface area contributed by atoms with Gasteiger partial charge in [0, 0.05) is 30.3 Å². The Morgan fingerprint density at radius 3 is 2.38 bits per heavy atom. The van der Waals surface area contributed by atoms with Crippen LogP contribution in [0.2, 0.25) is 0 Å². The van der Waals surface area contributed by atoms with Crippen molar-refractivity contribution in [1.29, 1.82) is 0 Å². The second-order valence-corrected chi connectivity index (χ2v) is 9.98. The normalized spacial score (nSPS) is 15.1. The van der Waals surface area contributed by atoms with E-state index in [4.69, 9.17) is 0 Å². The van der Waals surface area contributed by atoms with E-state index in [-0.39, 0.29) is 29.8 Å². The second-order valence-electron chi connectivity index (χ2n) is 8.92. The summed E-state index contributed by atoms with van der Waals surface area (Å²) in [6, 6.07) is 13.2. The maximum absolute atomic E-state index is 12.9. The minimum absolute atomic E-state index is 0.0230. The summed E-state index contributed by atoms with van der Waals surface area (Å²) in [5.74, 6) is -1.47. The van der Waals surface area contributed by atoms with Crippen LogP contribution in [0.15, 0.2) is 48.5 Å². The van der Waals surface area contributed by atoms with Crippen molar-refractivity contribution in [3.8, 4) is 0 Å². The molecule has 192 valence electrons. The topological polar surface area (TPSA) is 133 Å². The highest BCUT2D eigenvalue weighted by molar-refractivity contribution is 7.15. The molecule has 0 saturated carbocycles. The largest absolute Gasteiger partial charge is 0.339 e. The predicted octanol–water partition coefficient (Wildman–Crippen LogP) is 3.80. The summed E-state index contributed by atoms with van der Waals surface area (Å²) in [5.41, 5.74) is 1.52. The first kappa shape index (κ1) is 26.0. The van der Waals surface area contributed by atoms with Gasteiger partial charge in [-0.1, -0.05) is 30.4 Å². The summed E-state index contributed by atoms with van der Waals surface area (Å²) < 4.78 is 0. The molecule has 10 nitrogen and oxygen atoms in total. The van der Waals surface area contributed by atoms with Crippen LogP contribution in [-0.4, -0.2) is 51.3 Å². The minimum Gasteiger partial charge on any atom is -0.339 e. The second kappa shape index (κ2) is 11.3. The van der Waals surface area contributed by atoms with E-state index in [9.17, 15) is 19.2 Å². The lowest BCUT2D eigenvalue weighted by Gasteiger charge is -2.20. The highest BCUT2D eigenvalue weighted by Gasteiger charge is 2.35. The van der Waals surface area contributed by atoms with Gasteiger partial charge in [-0.15, -0.1) is 10.2 Å². The number of hydrogen-bond donors (Lipinski definition) is 3. The number of nitrogens with one attached hydrogen (secondary N) is 3. The average molecular weight is 521 g/mol. The molecule has 3 N–H and O–H groups in total. The van der Waals surface area contributed by atoms with E-state index in [0.29, 0.717) is 28.6 Å². The van der Waals surface area contributed by atoms with Crippen LogP contribution in [-0.2, 0) is 16.0 Å².